The molecule has 1 aromatic carbocycles. The summed E-state index contributed by atoms with van der Waals surface area (Å²) >= 11 is 0. The van der Waals surface area contributed by atoms with Crippen molar-refractivity contribution in [2.45, 2.75) is 13.0 Å². The second-order valence-corrected chi connectivity index (χ2v) is 3.82. The fourth-order valence-electron chi connectivity index (χ4n) is 1.75. The van der Waals surface area contributed by atoms with Crippen LogP contribution in [-0.2, 0) is 4.79 Å². The Labute approximate surface area is 96.7 Å². The van der Waals surface area contributed by atoms with Crippen molar-refractivity contribution in [2.24, 2.45) is 0 Å². The molecule has 1 atom stereocenters. The maximum absolute atomic E-state index is 11.1. The van der Waals surface area contributed by atoms with Gasteiger partial charge in [0.15, 0.2) is 0 Å². The van der Waals surface area contributed by atoms with Crippen molar-refractivity contribution >= 4 is 16.9 Å². The van der Waals surface area contributed by atoms with Crippen molar-refractivity contribution < 1.29 is 9.90 Å². The van der Waals surface area contributed by atoms with Crippen LogP contribution in [-0.4, -0.2) is 27.6 Å². The van der Waals surface area contributed by atoms with E-state index in [0.29, 0.717) is 11.0 Å². The minimum absolute atomic E-state index is 0.195. The van der Waals surface area contributed by atoms with Gasteiger partial charge in [-0.1, -0.05) is 6.07 Å². The summed E-state index contributed by atoms with van der Waals surface area (Å²) in [5.74, 6) is -0.216. The summed E-state index contributed by atoms with van der Waals surface area (Å²) in [6.45, 7) is 1.19. The zero-order valence-electron chi connectivity index (χ0n) is 9.28. The number of aliphatic hydroxyl groups is 1. The molecule has 0 aliphatic carbocycles. The van der Waals surface area contributed by atoms with Crippen LogP contribution in [0.25, 0.3) is 11.0 Å². The van der Waals surface area contributed by atoms with Crippen molar-refractivity contribution in [3.05, 3.63) is 34.2 Å². The van der Waals surface area contributed by atoms with Crippen molar-refractivity contribution in [3.63, 3.8) is 0 Å². The Balaban J connectivity index is 2.39. The van der Waals surface area contributed by atoms with Gasteiger partial charge in [-0.25, -0.2) is 4.79 Å². The van der Waals surface area contributed by atoms with Gasteiger partial charge in [-0.15, -0.1) is 0 Å². The van der Waals surface area contributed by atoms with E-state index in [1.807, 2.05) is 0 Å². The molecule has 1 aromatic heterocycles. The number of aromatic nitrogens is 2. The number of fused-ring (bicyclic) bond motifs is 1. The van der Waals surface area contributed by atoms with Gasteiger partial charge in [0.1, 0.15) is 0 Å². The number of carbonyl (C=O) groups is 1. The highest BCUT2D eigenvalue weighted by Gasteiger charge is 2.12. The van der Waals surface area contributed by atoms with Crippen LogP contribution in [0.4, 0.5) is 0 Å². The number of benzene rings is 1. The van der Waals surface area contributed by atoms with E-state index in [-0.39, 0.29) is 18.2 Å². The van der Waals surface area contributed by atoms with E-state index in [0.717, 1.165) is 5.56 Å². The molecule has 0 aliphatic heterocycles. The molecule has 4 N–H and O–H groups in total. The maximum atomic E-state index is 11.1. The lowest BCUT2D eigenvalue weighted by Gasteiger charge is -2.15. The third-order valence-electron chi connectivity index (χ3n) is 2.50. The molecule has 0 saturated carbocycles. The minimum Gasteiger partial charge on any atom is -0.394 e. The van der Waals surface area contributed by atoms with Gasteiger partial charge in [-0.3, -0.25) is 4.79 Å². The maximum Gasteiger partial charge on any atom is 0.323 e. The lowest BCUT2D eigenvalue weighted by Crippen LogP contribution is -2.28. The molecule has 2 rings (SSSR count). The molecule has 0 saturated heterocycles. The smallest absolute Gasteiger partial charge is 0.323 e. The Morgan fingerprint density at radius 2 is 2.12 bits per heavy atom. The summed E-state index contributed by atoms with van der Waals surface area (Å²) in [5.41, 5.74) is 1.80. The Bertz CT molecular complexity index is 599. The fraction of sp³-hybridized carbons (Fsp3) is 0.273. The molecule has 0 radical (unpaired) electrons. The van der Waals surface area contributed by atoms with Gasteiger partial charge < -0.3 is 20.4 Å². The Morgan fingerprint density at radius 1 is 1.41 bits per heavy atom. The number of carbonyl (C=O) groups excluding carboxylic acids is 1. The van der Waals surface area contributed by atoms with Crippen LogP contribution >= 0.6 is 0 Å². The van der Waals surface area contributed by atoms with Crippen LogP contribution in [0.3, 0.4) is 0 Å². The monoisotopic (exact) mass is 235 g/mol. The van der Waals surface area contributed by atoms with Crippen LogP contribution in [0, 0.1) is 0 Å². The summed E-state index contributed by atoms with van der Waals surface area (Å²) in [6.07, 6.45) is 0. The standard InChI is InChI=1S/C11H13N3O3/c1-6(16)12-10(5-15)7-2-3-8-9(4-7)14-11(17)13-8/h2-4,10,15H,5H2,1H3,(H,12,16)(H2,13,14,17). The van der Waals surface area contributed by atoms with Crippen molar-refractivity contribution in [1.82, 2.24) is 15.3 Å². The quantitative estimate of drug-likeness (QED) is 0.604. The lowest BCUT2D eigenvalue weighted by molar-refractivity contribution is -0.120. The number of imidazole rings is 1. The van der Waals surface area contributed by atoms with E-state index in [1.165, 1.54) is 6.92 Å². The van der Waals surface area contributed by atoms with Crippen molar-refractivity contribution in [3.8, 4) is 0 Å². The number of aliphatic hydroxyl groups excluding tert-OH is 1. The van der Waals surface area contributed by atoms with Gasteiger partial charge >= 0.3 is 5.69 Å². The van der Waals surface area contributed by atoms with Crippen LogP contribution in [0.5, 0.6) is 0 Å². The van der Waals surface area contributed by atoms with E-state index < -0.39 is 6.04 Å². The summed E-state index contributed by atoms with van der Waals surface area (Å²) in [7, 11) is 0. The van der Waals surface area contributed by atoms with Crippen LogP contribution in [0.1, 0.15) is 18.5 Å². The zero-order valence-corrected chi connectivity index (χ0v) is 9.28. The van der Waals surface area contributed by atoms with E-state index in [1.54, 1.807) is 18.2 Å². The summed E-state index contributed by atoms with van der Waals surface area (Å²) in [4.78, 5) is 27.3. The first-order valence-corrected chi connectivity index (χ1v) is 5.20. The average molecular weight is 235 g/mol. The molecule has 6 nitrogen and oxygen atoms in total. The Morgan fingerprint density at radius 3 is 2.76 bits per heavy atom. The molecule has 1 amide bonds. The first kappa shape index (κ1) is 11.4. The molecule has 0 spiro atoms. The largest absolute Gasteiger partial charge is 0.394 e. The average Bonchev–Trinajstić information content (AvgIpc) is 2.64. The predicted molar refractivity (Wildman–Crippen MR) is 62.6 cm³/mol. The molecule has 0 fully saturated rings. The molecule has 0 aliphatic rings. The number of hydrogen-bond acceptors (Lipinski definition) is 3. The highest BCUT2D eigenvalue weighted by Crippen LogP contribution is 2.16. The number of H-pyrrole nitrogens is 2. The molecular weight excluding hydrogens is 222 g/mol. The molecule has 6 heteroatoms. The minimum atomic E-state index is -0.463. The lowest BCUT2D eigenvalue weighted by atomic mass is 10.1. The summed E-state index contributed by atoms with van der Waals surface area (Å²) in [5, 5.41) is 11.8. The second kappa shape index (κ2) is 4.42. The molecule has 2 aromatic rings. The summed E-state index contributed by atoms with van der Waals surface area (Å²) < 4.78 is 0. The number of hydrogen-bond donors (Lipinski definition) is 4. The van der Waals surface area contributed by atoms with E-state index >= 15 is 0 Å². The molecule has 1 heterocycles. The van der Waals surface area contributed by atoms with Gasteiger partial charge in [-0.2, -0.15) is 0 Å². The highest BCUT2D eigenvalue weighted by molar-refractivity contribution is 5.76. The van der Waals surface area contributed by atoms with Gasteiger partial charge in [-0.05, 0) is 17.7 Å². The third-order valence-corrected chi connectivity index (χ3v) is 2.50. The molecule has 90 valence electrons. The third kappa shape index (κ3) is 2.36. The second-order valence-electron chi connectivity index (χ2n) is 3.82. The van der Waals surface area contributed by atoms with E-state index in [2.05, 4.69) is 15.3 Å². The molecule has 0 bridgehead atoms. The van der Waals surface area contributed by atoms with E-state index in [4.69, 9.17) is 0 Å². The predicted octanol–water partition coefficient (Wildman–Crippen LogP) is 0.0257. The SMILES string of the molecule is CC(=O)NC(CO)c1ccc2[nH]c(=O)[nH]c2c1. The van der Waals surface area contributed by atoms with Gasteiger partial charge in [0.25, 0.3) is 0 Å². The van der Waals surface area contributed by atoms with Crippen molar-refractivity contribution in [2.75, 3.05) is 6.61 Å². The normalized spacial score (nSPS) is 12.6. The van der Waals surface area contributed by atoms with Gasteiger partial charge in [0.2, 0.25) is 5.91 Å². The molecule has 1 unspecified atom stereocenters. The first-order valence-electron chi connectivity index (χ1n) is 5.20. The fourth-order valence-corrected chi connectivity index (χ4v) is 1.75. The molecular formula is C11H13N3O3. The van der Waals surface area contributed by atoms with Gasteiger partial charge in [0, 0.05) is 6.92 Å². The molecule has 17 heavy (non-hydrogen) atoms. The van der Waals surface area contributed by atoms with Gasteiger partial charge in [0.05, 0.1) is 23.7 Å². The van der Waals surface area contributed by atoms with Crippen LogP contribution < -0.4 is 11.0 Å². The van der Waals surface area contributed by atoms with E-state index in [9.17, 15) is 14.7 Å². The van der Waals surface area contributed by atoms with Crippen molar-refractivity contribution in [1.29, 1.82) is 0 Å². The Kier molecular flexibility index (Phi) is 2.97. The highest BCUT2D eigenvalue weighted by atomic mass is 16.3. The number of nitrogens with one attached hydrogen (secondary N) is 3. The topological polar surface area (TPSA) is 98.0 Å². The number of rotatable bonds is 3. The first-order chi connectivity index (χ1) is 8.10. The number of aromatic amines is 2. The number of amides is 1. The zero-order chi connectivity index (χ0) is 12.4. The van der Waals surface area contributed by atoms with Crippen LogP contribution in [0.15, 0.2) is 23.0 Å². The van der Waals surface area contributed by atoms with Crippen LogP contribution in [0.2, 0.25) is 0 Å². The Hall–Kier alpha value is -2.08. The summed E-state index contributed by atoms with van der Waals surface area (Å²) in [6, 6.07) is 4.75.